The van der Waals surface area contributed by atoms with Crippen molar-refractivity contribution in [2.45, 2.75) is 32.7 Å². The van der Waals surface area contributed by atoms with Crippen molar-refractivity contribution in [1.29, 1.82) is 0 Å². The summed E-state index contributed by atoms with van der Waals surface area (Å²) in [6, 6.07) is 5.81. The first-order valence-electron chi connectivity index (χ1n) is 5.80. The zero-order chi connectivity index (χ0) is 11.5. The van der Waals surface area contributed by atoms with E-state index in [0.29, 0.717) is 6.54 Å². The van der Waals surface area contributed by atoms with Crippen molar-refractivity contribution in [2.24, 2.45) is 5.92 Å². The summed E-state index contributed by atoms with van der Waals surface area (Å²) in [5, 5.41) is 2.97. The van der Waals surface area contributed by atoms with E-state index < -0.39 is 0 Å². The lowest BCUT2D eigenvalue weighted by atomic mass is 9.85. The third kappa shape index (κ3) is 2.18. The Morgan fingerprint density at radius 3 is 2.88 bits per heavy atom. The number of carbonyl (C=O) groups is 1. The first kappa shape index (κ1) is 11.0. The molecule has 3 heteroatoms. The maximum atomic E-state index is 11.7. The van der Waals surface area contributed by atoms with Gasteiger partial charge in [-0.3, -0.25) is 4.79 Å². The lowest BCUT2D eigenvalue weighted by molar-refractivity contribution is -0.127. The van der Waals surface area contributed by atoms with Crippen molar-refractivity contribution < 1.29 is 4.79 Å². The monoisotopic (exact) mass is 218 g/mol. The van der Waals surface area contributed by atoms with Crippen molar-refractivity contribution in [3.8, 4) is 0 Å². The Bertz CT molecular complexity index is 397. The Balaban J connectivity index is 1.93. The molecule has 1 aromatic carbocycles. The van der Waals surface area contributed by atoms with Crippen molar-refractivity contribution >= 4 is 11.6 Å². The molecule has 0 atom stereocenters. The molecule has 1 fully saturated rings. The quantitative estimate of drug-likeness (QED) is 0.762. The van der Waals surface area contributed by atoms with Crippen LogP contribution in [0.1, 0.15) is 30.4 Å². The first-order chi connectivity index (χ1) is 7.68. The van der Waals surface area contributed by atoms with Crippen LogP contribution in [0.15, 0.2) is 18.2 Å². The highest BCUT2D eigenvalue weighted by Gasteiger charge is 2.24. The number of nitrogen functional groups attached to an aromatic ring is 1. The molecule has 1 aliphatic carbocycles. The molecule has 2 rings (SSSR count). The molecular formula is C13H18N2O. The van der Waals surface area contributed by atoms with E-state index in [1.54, 1.807) is 0 Å². The highest BCUT2D eigenvalue weighted by atomic mass is 16.1. The van der Waals surface area contributed by atoms with Gasteiger partial charge in [0, 0.05) is 18.2 Å². The number of rotatable bonds is 3. The molecule has 0 heterocycles. The van der Waals surface area contributed by atoms with E-state index >= 15 is 0 Å². The van der Waals surface area contributed by atoms with Gasteiger partial charge in [-0.25, -0.2) is 0 Å². The summed E-state index contributed by atoms with van der Waals surface area (Å²) in [7, 11) is 0. The average Bonchev–Trinajstić information content (AvgIpc) is 2.18. The number of hydrogen-bond donors (Lipinski definition) is 2. The van der Waals surface area contributed by atoms with Crippen LogP contribution >= 0.6 is 0 Å². The zero-order valence-electron chi connectivity index (χ0n) is 9.62. The fourth-order valence-corrected chi connectivity index (χ4v) is 1.89. The van der Waals surface area contributed by atoms with Crippen LogP contribution in [0.2, 0.25) is 0 Å². The topological polar surface area (TPSA) is 55.1 Å². The Kier molecular flexibility index (Phi) is 3.13. The van der Waals surface area contributed by atoms with Crippen LogP contribution in [0, 0.1) is 12.8 Å². The summed E-state index contributed by atoms with van der Waals surface area (Å²) in [4.78, 5) is 11.7. The Morgan fingerprint density at radius 2 is 2.25 bits per heavy atom. The smallest absolute Gasteiger partial charge is 0.223 e. The van der Waals surface area contributed by atoms with E-state index in [4.69, 9.17) is 5.73 Å². The van der Waals surface area contributed by atoms with Crippen LogP contribution in [0.25, 0.3) is 0 Å². The third-order valence-electron chi connectivity index (χ3n) is 3.42. The van der Waals surface area contributed by atoms with Gasteiger partial charge in [0.15, 0.2) is 0 Å². The van der Waals surface area contributed by atoms with Crippen LogP contribution in [-0.4, -0.2) is 5.91 Å². The van der Waals surface area contributed by atoms with Gasteiger partial charge in [-0.2, -0.15) is 0 Å². The van der Waals surface area contributed by atoms with E-state index in [1.165, 1.54) is 6.42 Å². The summed E-state index contributed by atoms with van der Waals surface area (Å²) in [5.41, 5.74) is 8.77. The minimum absolute atomic E-state index is 0.188. The van der Waals surface area contributed by atoms with E-state index in [2.05, 4.69) is 5.32 Å². The third-order valence-corrected chi connectivity index (χ3v) is 3.42. The predicted octanol–water partition coefficient (Wildman–Crippen LogP) is 1.99. The van der Waals surface area contributed by atoms with Crippen molar-refractivity contribution in [3.05, 3.63) is 29.3 Å². The van der Waals surface area contributed by atoms with Crippen LogP contribution in [-0.2, 0) is 11.3 Å². The van der Waals surface area contributed by atoms with Gasteiger partial charge in [0.1, 0.15) is 0 Å². The number of anilines is 1. The number of amides is 1. The minimum atomic E-state index is 0.188. The van der Waals surface area contributed by atoms with E-state index in [1.807, 2.05) is 25.1 Å². The second-order valence-corrected chi connectivity index (χ2v) is 4.48. The van der Waals surface area contributed by atoms with E-state index in [0.717, 1.165) is 29.7 Å². The molecule has 1 amide bonds. The summed E-state index contributed by atoms with van der Waals surface area (Å²) in [5.74, 6) is 0.439. The molecule has 0 saturated heterocycles. The summed E-state index contributed by atoms with van der Waals surface area (Å²) < 4.78 is 0. The SMILES string of the molecule is Cc1c(N)cccc1CNC(=O)C1CCC1. The normalized spacial score (nSPS) is 15.6. The van der Waals surface area contributed by atoms with Crippen LogP contribution in [0.5, 0.6) is 0 Å². The maximum absolute atomic E-state index is 11.7. The number of benzene rings is 1. The number of hydrogen-bond acceptors (Lipinski definition) is 2. The molecule has 86 valence electrons. The highest BCUT2D eigenvalue weighted by molar-refractivity contribution is 5.79. The molecule has 1 aliphatic rings. The number of carbonyl (C=O) groups excluding carboxylic acids is 1. The van der Waals surface area contributed by atoms with Crippen LogP contribution in [0.4, 0.5) is 5.69 Å². The highest BCUT2D eigenvalue weighted by Crippen LogP contribution is 2.26. The fourth-order valence-electron chi connectivity index (χ4n) is 1.89. The largest absolute Gasteiger partial charge is 0.399 e. The minimum Gasteiger partial charge on any atom is -0.399 e. The summed E-state index contributed by atoms with van der Waals surface area (Å²) in [6.07, 6.45) is 3.28. The second-order valence-electron chi connectivity index (χ2n) is 4.48. The Hall–Kier alpha value is -1.51. The predicted molar refractivity (Wildman–Crippen MR) is 64.8 cm³/mol. The Labute approximate surface area is 96.0 Å². The molecule has 0 aromatic heterocycles. The second kappa shape index (κ2) is 4.56. The molecule has 0 spiro atoms. The molecule has 1 saturated carbocycles. The molecule has 0 radical (unpaired) electrons. The fraction of sp³-hybridized carbons (Fsp3) is 0.462. The molecule has 0 bridgehead atoms. The van der Waals surface area contributed by atoms with Gasteiger partial charge in [-0.1, -0.05) is 18.6 Å². The van der Waals surface area contributed by atoms with Gasteiger partial charge in [-0.15, -0.1) is 0 Å². The molecule has 0 aliphatic heterocycles. The zero-order valence-corrected chi connectivity index (χ0v) is 9.62. The molecule has 0 unspecified atom stereocenters. The number of nitrogens with two attached hydrogens (primary N) is 1. The van der Waals surface area contributed by atoms with Gasteiger partial charge < -0.3 is 11.1 Å². The van der Waals surface area contributed by atoms with Crippen LogP contribution < -0.4 is 11.1 Å². The van der Waals surface area contributed by atoms with Gasteiger partial charge in [-0.05, 0) is 37.0 Å². The lowest BCUT2D eigenvalue weighted by Gasteiger charge is -2.24. The van der Waals surface area contributed by atoms with Gasteiger partial charge >= 0.3 is 0 Å². The maximum Gasteiger partial charge on any atom is 0.223 e. The summed E-state index contributed by atoms with van der Waals surface area (Å²) in [6.45, 7) is 2.58. The van der Waals surface area contributed by atoms with E-state index in [-0.39, 0.29) is 11.8 Å². The van der Waals surface area contributed by atoms with Gasteiger partial charge in [0.25, 0.3) is 0 Å². The molecule has 1 aromatic rings. The summed E-state index contributed by atoms with van der Waals surface area (Å²) >= 11 is 0. The van der Waals surface area contributed by atoms with Gasteiger partial charge in [0.05, 0.1) is 0 Å². The molecule has 16 heavy (non-hydrogen) atoms. The van der Waals surface area contributed by atoms with Crippen molar-refractivity contribution in [2.75, 3.05) is 5.73 Å². The van der Waals surface area contributed by atoms with E-state index in [9.17, 15) is 4.79 Å². The first-order valence-corrected chi connectivity index (χ1v) is 5.80. The van der Waals surface area contributed by atoms with Crippen molar-refractivity contribution in [1.82, 2.24) is 5.32 Å². The average molecular weight is 218 g/mol. The standard InChI is InChI=1S/C13H18N2O/c1-9-11(6-3-7-12(9)14)8-15-13(16)10-4-2-5-10/h3,6-7,10H,2,4-5,8,14H2,1H3,(H,15,16). The molecule has 3 nitrogen and oxygen atoms in total. The lowest BCUT2D eigenvalue weighted by Crippen LogP contribution is -2.34. The number of nitrogens with one attached hydrogen (secondary N) is 1. The Morgan fingerprint density at radius 1 is 1.50 bits per heavy atom. The molecular weight excluding hydrogens is 200 g/mol. The molecule has 3 N–H and O–H groups in total. The van der Waals surface area contributed by atoms with Crippen molar-refractivity contribution in [3.63, 3.8) is 0 Å². The van der Waals surface area contributed by atoms with Crippen LogP contribution in [0.3, 0.4) is 0 Å². The van der Waals surface area contributed by atoms with Gasteiger partial charge in [0.2, 0.25) is 5.91 Å².